The van der Waals surface area contributed by atoms with Gasteiger partial charge in [0.25, 0.3) is 5.91 Å². The van der Waals surface area contributed by atoms with Gasteiger partial charge in [0.05, 0.1) is 0 Å². The van der Waals surface area contributed by atoms with Gasteiger partial charge in [0, 0.05) is 50.5 Å². The summed E-state index contributed by atoms with van der Waals surface area (Å²) < 4.78 is 13.4. The predicted molar refractivity (Wildman–Crippen MR) is 116 cm³/mol. The molecule has 29 heavy (non-hydrogen) atoms. The van der Waals surface area contributed by atoms with Crippen molar-refractivity contribution >= 4 is 23.2 Å². The lowest BCUT2D eigenvalue weighted by Gasteiger charge is -2.27. The number of amides is 2. The molecule has 5 nitrogen and oxygen atoms in total. The van der Waals surface area contributed by atoms with Gasteiger partial charge in [-0.2, -0.15) is 0 Å². The summed E-state index contributed by atoms with van der Waals surface area (Å²) in [5.41, 5.74) is 2.78. The Balaban J connectivity index is 2.30. The maximum atomic E-state index is 13.4. The molecule has 0 aliphatic carbocycles. The second kappa shape index (κ2) is 10.0. The zero-order chi connectivity index (χ0) is 21.6. The number of carbonyl (C=O) groups excluding carboxylic acids is 2. The number of anilines is 2. The lowest BCUT2D eigenvalue weighted by molar-refractivity contribution is -0.132. The van der Waals surface area contributed by atoms with E-state index in [0.29, 0.717) is 31.1 Å². The van der Waals surface area contributed by atoms with Gasteiger partial charge in [-0.3, -0.25) is 9.59 Å². The van der Waals surface area contributed by atoms with Crippen LogP contribution in [0.25, 0.3) is 0 Å². The van der Waals surface area contributed by atoms with Crippen molar-refractivity contribution < 1.29 is 14.0 Å². The number of benzene rings is 2. The van der Waals surface area contributed by atoms with Gasteiger partial charge in [-0.25, -0.2) is 4.39 Å². The first-order chi connectivity index (χ1) is 13.7. The van der Waals surface area contributed by atoms with Gasteiger partial charge in [-0.05, 0) is 47.9 Å². The standard InChI is InChI=1S/C23H30FN3O2/c1-6-22(28)27(14-16(2)3)15-18-13-20(10-11-21(18)26(4)5)25-23(29)17-8-7-9-19(24)12-17/h7-13,16H,6,14-15H2,1-5H3,(H,25,29). The quantitative estimate of drug-likeness (QED) is 0.709. The number of nitrogens with one attached hydrogen (secondary N) is 1. The maximum Gasteiger partial charge on any atom is 0.255 e. The molecular formula is C23H30FN3O2. The number of hydrogen-bond acceptors (Lipinski definition) is 3. The third-order valence-corrected chi connectivity index (χ3v) is 4.51. The summed E-state index contributed by atoms with van der Waals surface area (Å²) in [6.45, 7) is 7.15. The van der Waals surface area contributed by atoms with E-state index in [2.05, 4.69) is 19.2 Å². The van der Waals surface area contributed by atoms with E-state index in [4.69, 9.17) is 0 Å². The third-order valence-electron chi connectivity index (χ3n) is 4.51. The molecule has 156 valence electrons. The Morgan fingerprint density at radius 3 is 2.41 bits per heavy atom. The summed E-state index contributed by atoms with van der Waals surface area (Å²) in [4.78, 5) is 28.7. The molecule has 0 atom stereocenters. The zero-order valence-electron chi connectivity index (χ0n) is 17.8. The van der Waals surface area contributed by atoms with Crippen LogP contribution in [0.3, 0.4) is 0 Å². The minimum absolute atomic E-state index is 0.0950. The van der Waals surface area contributed by atoms with Gasteiger partial charge < -0.3 is 15.1 Å². The minimum atomic E-state index is -0.455. The smallest absolute Gasteiger partial charge is 0.255 e. The van der Waals surface area contributed by atoms with Crippen molar-refractivity contribution in [1.29, 1.82) is 0 Å². The summed E-state index contributed by atoms with van der Waals surface area (Å²) >= 11 is 0. The molecule has 0 heterocycles. The highest BCUT2D eigenvalue weighted by Gasteiger charge is 2.17. The van der Waals surface area contributed by atoms with Gasteiger partial charge in [0.1, 0.15) is 5.82 Å². The fraction of sp³-hybridized carbons (Fsp3) is 0.391. The van der Waals surface area contributed by atoms with E-state index in [1.165, 1.54) is 18.2 Å². The molecule has 0 bridgehead atoms. The van der Waals surface area contributed by atoms with Crippen LogP contribution in [-0.2, 0) is 11.3 Å². The van der Waals surface area contributed by atoms with Crippen molar-refractivity contribution in [1.82, 2.24) is 4.90 Å². The zero-order valence-corrected chi connectivity index (χ0v) is 17.8. The molecule has 0 aliphatic heterocycles. The summed E-state index contributed by atoms with van der Waals surface area (Å²) in [6, 6.07) is 11.2. The molecule has 0 saturated heterocycles. The second-order valence-electron chi connectivity index (χ2n) is 7.72. The number of rotatable bonds is 8. The fourth-order valence-electron chi connectivity index (χ4n) is 3.18. The monoisotopic (exact) mass is 399 g/mol. The van der Waals surface area contributed by atoms with Crippen LogP contribution in [0.5, 0.6) is 0 Å². The molecule has 0 spiro atoms. The van der Waals surface area contributed by atoms with Gasteiger partial charge in [-0.1, -0.05) is 26.8 Å². The van der Waals surface area contributed by atoms with Crippen molar-refractivity contribution in [2.75, 3.05) is 30.9 Å². The molecule has 0 aromatic heterocycles. The molecule has 0 aliphatic rings. The Morgan fingerprint density at radius 1 is 1.10 bits per heavy atom. The van der Waals surface area contributed by atoms with Crippen LogP contribution in [0.1, 0.15) is 43.1 Å². The van der Waals surface area contributed by atoms with E-state index >= 15 is 0 Å². The number of nitrogens with zero attached hydrogens (tertiary/aromatic N) is 2. The Bertz CT molecular complexity index is 865. The van der Waals surface area contributed by atoms with Crippen LogP contribution in [0.2, 0.25) is 0 Å². The first-order valence-corrected chi connectivity index (χ1v) is 9.86. The Morgan fingerprint density at radius 2 is 1.83 bits per heavy atom. The fourth-order valence-corrected chi connectivity index (χ4v) is 3.18. The summed E-state index contributed by atoms with van der Waals surface area (Å²) in [5, 5.41) is 2.82. The molecule has 2 aromatic carbocycles. The highest BCUT2D eigenvalue weighted by atomic mass is 19.1. The number of hydrogen-bond donors (Lipinski definition) is 1. The molecule has 6 heteroatoms. The van der Waals surface area contributed by atoms with Crippen LogP contribution in [-0.4, -0.2) is 37.4 Å². The molecular weight excluding hydrogens is 369 g/mol. The molecule has 2 amide bonds. The Kier molecular flexibility index (Phi) is 7.76. The van der Waals surface area contributed by atoms with Gasteiger partial charge in [0.2, 0.25) is 5.91 Å². The van der Waals surface area contributed by atoms with E-state index in [9.17, 15) is 14.0 Å². The summed E-state index contributed by atoms with van der Waals surface area (Å²) in [6.07, 6.45) is 0.444. The SMILES string of the molecule is CCC(=O)N(Cc1cc(NC(=O)c2cccc(F)c2)ccc1N(C)C)CC(C)C. The van der Waals surface area contributed by atoms with Gasteiger partial charge in [-0.15, -0.1) is 0 Å². The lowest BCUT2D eigenvalue weighted by Crippen LogP contribution is -2.33. The largest absolute Gasteiger partial charge is 0.377 e. The molecule has 1 N–H and O–H groups in total. The van der Waals surface area contributed by atoms with Gasteiger partial charge >= 0.3 is 0 Å². The van der Waals surface area contributed by atoms with Crippen LogP contribution in [0, 0.1) is 11.7 Å². The first-order valence-electron chi connectivity index (χ1n) is 9.86. The topological polar surface area (TPSA) is 52.7 Å². The summed E-state index contributed by atoms with van der Waals surface area (Å²) in [5.74, 6) is -0.387. The highest BCUT2D eigenvalue weighted by Crippen LogP contribution is 2.25. The summed E-state index contributed by atoms with van der Waals surface area (Å²) in [7, 11) is 3.89. The molecule has 0 saturated carbocycles. The molecule has 0 fully saturated rings. The normalized spacial score (nSPS) is 10.7. The second-order valence-corrected chi connectivity index (χ2v) is 7.72. The first kappa shape index (κ1) is 22.4. The van der Waals surface area contributed by atoms with Crippen LogP contribution >= 0.6 is 0 Å². The van der Waals surface area contributed by atoms with Crippen molar-refractivity contribution in [3.63, 3.8) is 0 Å². The van der Waals surface area contributed by atoms with E-state index in [-0.39, 0.29) is 17.4 Å². The van der Waals surface area contributed by atoms with Gasteiger partial charge in [0.15, 0.2) is 0 Å². The van der Waals surface area contributed by atoms with Crippen LogP contribution in [0.4, 0.5) is 15.8 Å². The van der Waals surface area contributed by atoms with E-state index in [1.54, 1.807) is 6.07 Å². The van der Waals surface area contributed by atoms with Crippen molar-refractivity contribution in [2.45, 2.75) is 33.7 Å². The number of halogens is 1. The van der Waals surface area contributed by atoms with Crippen molar-refractivity contribution in [3.8, 4) is 0 Å². The molecule has 0 radical (unpaired) electrons. The third kappa shape index (κ3) is 6.31. The molecule has 2 rings (SSSR count). The Labute approximate surface area is 172 Å². The highest BCUT2D eigenvalue weighted by molar-refractivity contribution is 6.04. The van der Waals surface area contributed by atoms with Crippen LogP contribution < -0.4 is 10.2 Å². The van der Waals surface area contributed by atoms with E-state index < -0.39 is 5.82 Å². The molecule has 2 aromatic rings. The maximum absolute atomic E-state index is 13.4. The minimum Gasteiger partial charge on any atom is -0.377 e. The van der Waals surface area contributed by atoms with Crippen molar-refractivity contribution in [2.24, 2.45) is 5.92 Å². The predicted octanol–water partition coefficient (Wildman–Crippen LogP) is 4.54. The van der Waals surface area contributed by atoms with E-state index in [0.717, 1.165) is 11.3 Å². The van der Waals surface area contributed by atoms with Crippen LogP contribution in [0.15, 0.2) is 42.5 Å². The number of carbonyl (C=O) groups is 2. The molecule has 0 unspecified atom stereocenters. The average Bonchev–Trinajstić information content (AvgIpc) is 2.66. The lowest BCUT2D eigenvalue weighted by atomic mass is 10.1. The van der Waals surface area contributed by atoms with Crippen molar-refractivity contribution in [3.05, 3.63) is 59.4 Å². The average molecular weight is 400 g/mol. The Hall–Kier alpha value is -2.89. The van der Waals surface area contributed by atoms with E-state index in [1.807, 2.05) is 49.0 Å².